The normalized spacial score (nSPS) is 15.4. The van der Waals surface area contributed by atoms with Gasteiger partial charge in [0.2, 0.25) is 0 Å². The van der Waals surface area contributed by atoms with Crippen molar-refractivity contribution in [3.8, 4) is 0 Å². The highest BCUT2D eigenvalue weighted by atomic mass is 15.1. The molecule has 0 radical (unpaired) electrons. The molecule has 0 aliphatic carbocycles. The monoisotopic (exact) mass is 195 g/mol. The predicted octanol–water partition coefficient (Wildman–Crippen LogP) is 2.64. The minimum Gasteiger partial charge on any atom is -0.308 e. The van der Waals surface area contributed by atoms with Gasteiger partial charge in [0, 0.05) is 23.8 Å². The van der Waals surface area contributed by atoms with Crippen LogP contribution >= 0.6 is 0 Å². The minimum absolute atomic E-state index is 0.389. The van der Waals surface area contributed by atoms with Crippen LogP contribution in [0.4, 0.5) is 0 Å². The largest absolute Gasteiger partial charge is 0.308 e. The van der Waals surface area contributed by atoms with Gasteiger partial charge >= 0.3 is 0 Å². The molecule has 2 unspecified atom stereocenters. The third-order valence-corrected chi connectivity index (χ3v) is 2.54. The van der Waals surface area contributed by atoms with Gasteiger partial charge in [0.15, 0.2) is 0 Å². The second-order valence-corrected chi connectivity index (χ2v) is 3.96. The van der Waals surface area contributed by atoms with Gasteiger partial charge in [0.05, 0.1) is 6.20 Å². The van der Waals surface area contributed by atoms with Gasteiger partial charge in [-0.15, -0.1) is 0 Å². The van der Waals surface area contributed by atoms with Crippen LogP contribution in [0.3, 0.4) is 0 Å². The second-order valence-electron chi connectivity index (χ2n) is 3.96. The van der Waals surface area contributed by atoms with Crippen LogP contribution in [0, 0.1) is 0 Å². The zero-order valence-corrected chi connectivity index (χ0v) is 9.38. The standard InChI is InChI=1S/C11H21N3/c1-4-5-6-9(2)14-10(3)11-7-12-13-8-11/h7-10,14H,4-6H2,1-3H3,(H,12,13). The van der Waals surface area contributed by atoms with Crippen molar-refractivity contribution in [1.82, 2.24) is 15.5 Å². The molecule has 1 heterocycles. The van der Waals surface area contributed by atoms with Crippen LogP contribution in [0.15, 0.2) is 12.4 Å². The summed E-state index contributed by atoms with van der Waals surface area (Å²) in [6, 6.07) is 0.973. The number of hydrogen-bond acceptors (Lipinski definition) is 2. The van der Waals surface area contributed by atoms with E-state index in [1.807, 2.05) is 12.4 Å². The first-order valence-corrected chi connectivity index (χ1v) is 5.48. The summed E-state index contributed by atoms with van der Waals surface area (Å²) in [6.45, 7) is 6.64. The summed E-state index contributed by atoms with van der Waals surface area (Å²) in [5.74, 6) is 0. The first kappa shape index (κ1) is 11.2. The van der Waals surface area contributed by atoms with Crippen LogP contribution in [0.5, 0.6) is 0 Å². The van der Waals surface area contributed by atoms with Gasteiger partial charge < -0.3 is 5.32 Å². The molecule has 1 rings (SSSR count). The highest BCUT2D eigenvalue weighted by Gasteiger charge is 2.09. The Morgan fingerprint density at radius 3 is 2.86 bits per heavy atom. The lowest BCUT2D eigenvalue weighted by molar-refractivity contribution is 0.444. The van der Waals surface area contributed by atoms with Crippen molar-refractivity contribution in [2.45, 2.75) is 52.1 Å². The number of aromatic nitrogens is 2. The third-order valence-electron chi connectivity index (χ3n) is 2.54. The zero-order valence-electron chi connectivity index (χ0n) is 9.38. The van der Waals surface area contributed by atoms with Crippen molar-refractivity contribution in [2.24, 2.45) is 0 Å². The lowest BCUT2D eigenvalue weighted by atomic mass is 10.1. The quantitative estimate of drug-likeness (QED) is 0.732. The molecule has 0 aromatic carbocycles. The molecule has 1 aromatic heterocycles. The van der Waals surface area contributed by atoms with Gasteiger partial charge in [-0.05, 0) is 20.3 Å². The summed E-state index contributed by atoms with van der Waals surface area (Å²) >= 11 is 0. The molecule has 0 aliphatic heterocycles. The number of unbranched alkanes of at least 4 members (excludes halogenated alkanes) is 1. The predicted molar refractivity (Wildman–Crippen MR) is 59.1 cm³/mol. The summed E-state index contributed by atoms with van der Waals surface area (Å²) in [6.07, 6.45) is 7.64. The molecule has 0 saturated carbocycles. The molecule has 2 atom stereocenters. The van der Waals surface area contributed by atoms with Crippen LogP contribution < -0.4 is 5.32 Å². The Bertz CT molecular complexity index is 231. The smallest absolute Gasteiger partial charge is 0.0534 e. The molecule has 2 N–H and O–H groups in total. The van der Waals surface area contributed by atoms with E-state index in [0.29, 0.717) is 12.1 Å². The molecular weight excluding hydrogens is 174 g/mol. The van der Waals surface area contributed by atoms with E-state index in [1.54, 1.807) is 0 Å². The summed E-state index contributed by atoms with van der Waals surface area (Å²) in [5.41, 5.74) is 1.23. The fourth-order valence-corrected chi connectivity index (χ4v) is 1.61. The number of nitrogens with one attached hydrogen (secondary N) is 2. The molecule has 0 aliphatic rings. The van der Waals surface area contributed by atoms with Gasteiger partial charge in [0.1, 0.15) is 0 Å². The minimum atomic E-state index is 0.389. The fraction of sp³-hybridized carbons (Fsp3) is 0.727. The maximum absolute atomic E-state index is 3.95. The Hall–Kier alpha value is -0.830. The van der Waals surface area contributed by atoms with Crippen LogP contribution in [-0.2, 0) is 0 Å². The van der Waals surface area contributed by atoms with Crippen molar-refractivity contribution in [3.05, 3.63) is 18.0 Å². The van der Waals surface area contributed by atoms with Gasteiger partial charge in [-0.25, -0.2) is 0 Å². The van der Waals surface area contributed by atoms with Gasteiger partial charge in [-0.3, -0.25) is 5.10 Å². The fourth-order valence-electron chi connectivity index (χ4n) is 1.61. The lowest BCUT2D eigenvalue weighted by Gasteiger charge is -2.18. The van der Waals surface area contributed by atoms with Crippen LogP contribution in [0.25, 0.3) is 0 Å². The molecule has 0 spiro atoms. The highest BCUT2D eigenvalue weighted by Crippen LogP contribution is 2.11. The molecule has 0 bridgehead atoms. The van der Waals surface area contributed by atoms with Gasteiger partial charge in [-0.1, -0.05) is 19.8 Å². The summed E-state index contributed by atoms with van der Waals surface area (Å²) in [4.78, 5) is 0. The molecule has 0 fully saturated rings. The maximum Gasteiger partial charge on any atom is 0.0534 e. The van der Waals surface area contributed by atoms with E-state index in [2.05, 4.69) is 36.3 Å². The van der Waals surface area contributed by atoms with E-state index in [1.165, 1.54) is 24.8 Å². The van der Waals surface area contributed by atoms with Gasteiger partial charge in [0.25, 0.3) is 0 Å². The average Bonchev–Trinajstić information content (AvgIpc) is 2.67. The number of nitrogens with zero attached hydrogens (tertiary/aromatic N) is 1. The number of rotatable bonds is 6. The zero-order chi connectivity index (χ0) is 10.4. The highest BCUT2D eigenvalue weighted by molar-refractivity contribution is 5.08. The molecule has 3 nitrogen and oxygen atoms in total. The Morgan fingerprint density at radius 1 is 1.50 bits per heavy atom. The Kier molecular flexibility index (Phi) is 4.66. The number of hydrogen-bond donors (Lipinski definition) is 2. The van der Waals surface area contributed by atoms with E-state index < -0.39 is 0 Å². The van der Waals surface area contributed by atoms with Crippen LogP contribution in [-0.4, -0.2) is 16.2 Å². The van der Waals surface area contributed by atoms with E-state index in [-0.39, 0.29) is 0 Å². The van der Waals surface area contributed by atoms with Crippen molar-refractivity contribution < 1.29 is 0 Å². The number of aromatic amines is 1. The lowest BCUT2D eigenvalue weighted by Crippen LogP contribution is -2.28. The molecule has 0 saturated heterocycles. The average molecular weight is 195 g/mol. The molecule has 14 heavy (non-hydrogen) atoms. The van der Waals surface area contributed by atoms with Crippen molar-refractivity contribution in [2.75, 3.05) is 0 Å². The van der Waals surface area contributed by atoms with Crippen LogP contribution in [0.1, 0.15) is 51.6 Å². The van der Waals surface area contributed by atoms with Crippen molar-refractivity contribution in [1.29, 1.82) is 0 Å². The van der Waals surface area contributed by atoms with E-state index in [0.717, 1.165) is 0 Å². The third kappa shape index (κ3) is 3.50. The number of H-pyrrole nitrogens is 1. The molecular formula is C11H21N3. The Labute approximate surface area is 86.3 Å². The molecule has 80 valence electrons. The second kappa shape index (κ2) is 5.81. The molecule has 3 heteroatoms. The SMILES string of the molecule is CCCCC(C)NC(C)c1cn[nH]c1. The molecule has 1 aromatic rings. The topological polar surface area (TPSA) is 40.7 Å². The first-order chi connectivity index (χ1) is 6.74. The summed E-state index contributed by atoms with van der Waals surface area (Å²) in [7, 11) is 0. The molecule has 0 amide bonds. The van der Waals surface area contributed by atoms with E-state index in [4.69, 9.17) is 0 Å². The summed E-state index contributed by atoms with van der Waals surface area (Å²) in [5, 5.41) is 10.3. The van der Waals surface area contributed by atoms with Crippen LogP contribution in [0.2, 0.25) is 0 Å². The van der Waals surface area contributed by atoms with Gasteiger partial charge in [-0.2, -0.15) is 5.10 Å². The van der Waals surface area contributed by atoms with Crippen molar-refractivity contribution in [3.63, 3.8) is 0 Å². The van der Waals surface area contributed by atoms with Crippen molar-refractivity contribution >= 4 is 0 Å². The maximum atomic E-state index is 3.95. The Morgan fingerprint density at radius 2 is 2.29 bits per heavy atom. The Balaban J connectivity index is 2.29. The van der Waals surface area contributed by atoms with E-state index >= 15 is 0 Å². The first-order valence-electron chi connectivity index (χ1n) is 5.48. The van der Waals surface area contributed by atoms with E-state index in [9.17, 15) is 0 Å². The summed E-state index contributed by atoms with van der Waals surface area (Å²) < 4.78 is 0.